The van der Waals surface area contributed by atoms with Crippen molar-refractivity contribution in [3.8, 4) is 22.9 Å². The molecule has 0 bridgehead atoms. The highest BCUT2D eigenvalue weighted by atomic mass is 16.5. The standard InChI is InChI=1S/C33H37N3O5/c1-8-9-25-18-24(19-30(38-7)31(25)41-33(4,5)6)20-34-35-32(37)29-17-16-28(40-29)21-39-27-14-12-26(13-15-27)36-22(2)10-11-23(36)3/h8,10-20H,1,9,21H2,2-7H3,(H,35,37)/b34-20+. The molecule has 0 saturated carbocycles. The van der Waals surface area contributed by atoms with Gasteiger partial charge in [0.2, 0.25) is 0 Å². The number of nitrogens with zero attached hydrogens (tertiary/aromatic N) is 2. The van der Waals surface area contributed by atoms with Crippen LogP contribution in [0.3, 0.4) is 0 Å². The number of aromatic nitrogens is 1. The number of benzene rings is 2. The first-order valence-electron chi connectivity index (χ1n) is 13.4. The molecular weight excluding hydrogens is 518 g/mol. The summed E-state index contributed by atoms with van der Waals surface area (Å²) in [6.07, 6.45) is 3.93. The van der Waals surface area contributed by atoms with Gasteiger partial charge in [-0.3, -0.25) is 4.79 Å². The Morgan fingerprint density at radius 3 is 2.39 bits per heavy atom. The number of hydrogen-bond acceptors (Lipinski definition) is 6. The Kier molecular flexibility index (Phi) is 9.02. The number of furan rings is 1. The highest BCUT2D eigenvalue weighted by molar-refractivity contribution is 5.92. The Hall–Kier alpha value is -4.72. The minimum Gasteiger partial charge on any atom is -0.493 e. The van der Waals surface area contributed by atoms with Gasteiger partial charge in [0.25, 0.3) is 0 Å². The lowest BCUT2D eigenvalue weighted by atomic mass is 10.1. The molecule has 214 valence electrons. The maximum absolute atomic E-state index is 12.6. The van der Waals surface area contributed by atoms with Gasteiger partial charge in [-0.15, -0.1) is 6.58 Å². The van der Waals surface area contributed by atoms with Crippen molar-refractivity contribution in [1.82, 2.24) is 9.99 Å². The van der Waals surface area contributed by atoms with Crippen molar-refractivity contribution in [2.24, 2.45) is 5.10 Å². The highest BCUT2D eigenvalue weighted by Crippen LogP contribution is 2.35. The molecule has 2 heterocycles. The van der Waals surface area contributed by atoms with Crippen LogP contribution in [-0.2, 0) is 13.0 Å². The normalized spacial score (nSPS) is 11.5. The fraction of sp³-hybridized carbons (Fsp3) is 0.273. The van der Waals surface area contributed by atoms with Crippen molar-refractivity contribution in [1.29, 1.82) is 0 Å². The fourth-order valence-corrected chi connectivity index (χ4v) is 4.36. The van der Waals surface area contributed by atoms with Crippen molar-refractivity contribution in [2.75, 3.05) is 7.11 Å². The molecule has 4 aromatic rings. The van der Waals surface area contributed by atoms with Gasteiger partial charge in [-0.05, 0) is 107 Å². The maximum atomic E-state index is 12.6. The molecule has 0 spiro atoms. The van der Waals surface area contributed by atoms with E-state index in [0.717, 1.165) is 16.8 Å². The lowest BCUT2D eigenvalue weighted by Crippen LogP contribution is -2.24. The minimum atomic E-state index is -0.472. The monoisotopic (exact) mass is 555 g/mol. The molecule has 0 fully saturated rings. The maximum Gasteiger partial charge on any atom is 0.307 e. The van der Waals surface area contributed by atoms with E-state index in [0.29, 0.717) is 29.4 Å². The smallest absolute Gasteiger partial charge is 0.307 e. The number of aryl methyl sites for hydroxylation is 2. The molecule has 8 nitrogen and oxygen atoms in total. The van der Waals surface area contributed by atoms with Gasteiger partial charge in [-0.25, -0.2) is 5.43 Å². The quantitative estimate of drug-likeness (QED) is 0.123. The zero-order chi connectivity index (χ0) is 29.6. The molecule has 0 saturated heterocycles. The largest absolute Gasteiger partial charge is 0.493 e. The molecule has 1 amide bonds. The van der Waals surface area contributed by atoms with Crippen LogP contribution in [0.4, 0.5) is 0 Å². The molecule has 1 N–H and O–H groups in total. The van der Waals surface area contributed by atoms with Crippen molar-refractivity contribution < 1.29 is 23.4 Å². The van der Waals surface area contributed by atoms with Crippen LogP contribution in [-0.4, -0.2) is 29.4 Å². The molecule has 41 heavy (non-hydrogen) atoms. The van der Waals surface area contributed by atoms with Gasteiger partial charge >= 0.3 is 5.91 Å². The zero-order valence-corrected chi connectivity index (χ0v) is 24.5. The summed E-state index contributed by atoms with van der Waals surface area (Å²) in [5.74, 6) is 2.12. The Morgan fingerprint density at radius 2 is 1.76 bits per heavy atom. The third-order valence-corrected chi connectivity index (χ3v) is 6.16. The van der Waals surface area contributed by atoms with E-state index in [2.05, 4.69) is 47.7 Å². The van der Waals surface area contributed by atoms with Crippen molar-refractivity contribution >= 4 is 12.1 Å². The summed E-state index contributed by atoms with van der Waals surface area (Å²) in [4.78, 5) is 12.6. The van der Waals surface area contributed by atoms with Crippen molar-refractivity contribution in [2.45, 2.75) is 53.2 Å². The third-order valence-electron chi connectivity index (χ3n) is 6.16. The molecule has 0 radical (unpaired) electrons. The second-order valence-electron chi connectivity index (χ2n) is 10.6. The van der Waals surface area contributed by atoms with E-state index >= 15 is 0 Å². The zero-order valence-electron chi connectivity index (χ0n) is 24.5. The molecule has 0 aliphatic carbocycles. The number of amides is 1. The average molecular weight is 556 g/mol. The van der Waals surface area contributed by atoms with Gasteiger partial charge in [0.15, 0.2) is 17.3 Å². The van der Waals surface area contributed by atoms with E-state index in [1.807, 2.05) is 51.1 Å². The summed E-state index contributed by atoms with van der Waals surface area (Å²) in [7, 11) is 1.59. The first-order valence-corrected chi connectivity index (χ1v) is 13.4. The number of hydrogen-bond donors (Lipinski definition) is 1. The molecule has 8 heteroatoms. The summed E-state index contributed by atoms with van der Waals surface area (Å²) in [5.41, 5.74) is 7.16. The van der Waals surface area contributed by atoms with Crippen LogP contribution >= 0.6 is 0 Å². The van der Waals surface area contributed by atoms with Crippen LogP contribution in [0.2, 0.25) is 0 Å². The summed E-state index contributed by atoms with van der Waals surface area (Å²) >= 11 is 0. The first-order chi connectivity index (χ1) is 19.6. The van der Waals surface area contributed by atoms with Crippen molar-refractivity contribution in [3.05, 3.63) is 107 Å². The van der Waals surface area contributed by atoms with E-state index in [1.54, 1.807) is 37.6 Å². The minimum absolute atomic E-state index is 0.133. The molecule has 4 rings (SSSR count). The molecular formula is C33H37N3O5. The van der Waals surface area contributed by atoms with Gasteiger partial charge in [-0.1, -0.05) is 6.08 Å². The second kappa shape index (κ2) is 12.6. The number of ether oxygens (including phenoxy) is 3. The van der Waals surface area contributed by atoms with E-state index in [1.165, 1.54) is 11.4 Å². The highest BCUT2D eigenvalue weighted by Gasteiger charge is 2.19. The molecule has 2 aromatic heterocycles. The van der Waals surface area contributed by atoms with Crippen LogP contribution in [0.5, 0.6) is 17.2 Å². The summed E-state index contributed by atoms with van der Waals surface area (Å²) in [6.45, 7) is 14.1. The van der Waals surface area contributed by atoms with Crippen LogP contribution in [0.1, 0.15) is 59.6 Å². The third kappa shape index (κ3) is 7.48. The lowest BCUT2D eigenvalue weighted by molar-refractivity contribution is 0.0923. The number of rotatable bonds is 11. The second-order valence-corrected chi connectivity index (χ2v) is 10.6. The average Bonchev–Trinajstić information content (AvgIpc) is 3.54. The number of nitrogens with one attached hydrogen (secondary N) is 1. The number of methoxy groups -OCH3 is 1. The Balaban J connectivity index is 1.36. The predicted octanol–water partition coefficient (Wildman–Crippen LogP) is 6.94. The van der Waals surface area contributed by atoms with E-state index in [-0.39, 0.29) is 12.4 Å². The Bertz CT molecular complexity index is 1520. The van der Waals surface area contributed by atoms with Gasteiger partial charge in [0.05, 0.1) is 13.3 Å². The Labute approximate surface area is 241 Å². The van der Waals surface area contributed by atoms with Gasteiger partial charge < -0.3 is 23.2 Å². The summed E-state index contributed by atoms with van der Waals surface area (Å²) in [5, 5.41) is 4.10. The number of hydrazone groups is 1. The molecule has 0 atom stereocenters. The fourth-order valence-electron chi connectivity index (χ4n) is 4.36. The van der Waals surface area contributed by atoms with Gasteiger partial charge in [0.1, 0.15) is 23.7 Å². The van der Waals surface area contributed by atoms with Crippen LogP contribution in [0, 0.1) is 13.8 Å². The SMILES string of the molecule is C=CCc1cc(/C=N/NC(=O)c2ccc(COc3ccc(-n4c(C)ccc4C)cc3)o2)cc(OC)c1OC(C)(C)C. The summed E-state index contributed by atoms with van der Waals surface area (Å²) < 4.78 is 25.4. The number of carbonyl (C=O) groups is 1. The lowest BCUT2D eigenvalue weighted by Gasteiger charge is -2.25. The van der Waals surface area contributed by atoms with E-state index in [4.69, 9.17) is 18.6 Å². The molecule has 0 aliphatic heterocycles. The van der Waals surface area contributed by atoms with E-state index < -0.39 is 11.5 Å². The van der Waals surface area contributed by atoms with Crippen LogP contribution < -0.4 is 19.6 Å². The topological polar surface area (TPSA) is 87.2 Å². The summed E-state index contributed by atoms with van der Waals surface area (Å²) in [6, 6.07) is 19.1. The molecule has 0 aliphatic rings. The van der Waals surface area contributed by atoms with Gasteiger partial charge in [0, 0.05) is 22.6 Å². The molecule has 2 aromatic carbocycles. The number of carbonyl (C=O) groups excluding carboxylic acids is 1. The number of allylic oxidation sites excluding steroid dienone is 1. The van der Waals surface area contributed by atoms with Gasteiger partial charge in [-0.2, -0.15) is 5.10 Å². The first kappa shape index (κ1) is 29.3. The van der Waals surface area contributed by atoms with Crippen LogP contribution in [0.15, 0.2) is 82.8 Å². The predicted molar refractivity (Wildman–Crippen MR) is 161 cm³/mol. The van der Waals surface area contributed by atoms with Crippen molar-refractivity contribution in [3.63, 3.8) is 0 Å². The van der Waals surface area contributed by atoms with Crippen LogP contribution in [0.25, 0.3) is 5.69 Å². The van der Waals surface area contributed by atoms with E-state index in [9.17, 15) is 4.79 Å². The Morgan fingerprint density at radius 1 is 1.05 bits per heavy atom. The molecule has 0 unspecified atom stereocenters.